The van der Waals surface area contributed by atoms with Crippen molar-refractivity contribution in [2.75, 3.05) is 6.54 Å². The summed E-state index contributed by atoms with van der Waals surface area (Å²) in [6.45, 7) is -0.445. The molecule has 2 amide bonds. The van der Waals surface area contributed by atoms with Crippen LogP contribution in [0.15, 0.2) is 94.7 Å². The minimum absolute atomic E-state index is 0.0453. The van der Waals surface area contributed by atoms with Gasteiger partial charge >= 0.3 is 0 Å². The van der Waals surface area contributed by atoms with Gasteiger partial charge in [-0.25, -0.2) is 22.2 Å². The monoisotopic (exact) mass is 634 g/mol. The van der Waals surface area contributed by atoms with Crippen LogP contribution in [0.4, 0.5) is 8.78 Å². The van der Waals surface area contributed by atoms with Gasteiger partial charge in [0.05, 0.1) is 21.7 Å². The van der Waals surface area contributed by atoms with Crippen molar-refractivity contribution in [1.82, 2.24) is 20.2 Å². The number of sulfone groups is 1. The standard InChI is InChI=1S/C31H24F2N4O5S2/c32-19-6-12-22(13-7-19)44(41,42)29(30(40)34-17-27(38)35-20-8-9-20)31-36-25-16-24(33)23(15-26(25)43-31)18-4-10-21(11-5-18)37-14-2-1-3-28(37)39/h1-7,10-16,20,29H,8-9,17H2,(H,34,40)(H,35,38). The second-order valence-corrected chi connectivity index (χ2v) is 13.3. The number of thiazole rings is 1. The largest absolute Gasteiger partial charge is 0.352 e. The summed E-state index contributed by atoms with van der Waals surface area (Å²) in [6.07, 6.45) is 3.29. The summed E-state index contributed by atoms with van der Waals surface area (Å²) < 4.78 is 58.2. The van der Waals surface area contributed by atoms with E-state index in [1.165, 1.54) is 16.7 Å². The number of carbonyl (C=O) groups excluding carboxylic acids is 2. The maximum Gasteiger partial charge on any atom is 0.255 e. The zero-order valence-electron chi connectivity index (χ0n) is 22.9. The molecule has 1 saturated carbocycles. The van der Waals surface area contributed by atoms with E-state index >= 15 is 4.39 Å². The van der Waals surface area contributed by atoms with E-state index in [1.54, 1.807) is 42.6 Å². The predicted octanol–water partition coefficient (Wildman–Crippen LogP) is 4.30. The molecule has 44 heavy (non-hydrogen) atoms. The van der Waals surface area contributed by atoms with Gasteiger partial charge in [0.2, 0.25) is 11.8 Å². The number of hydrogen-bond donors (Lipinski definition) is 2. The summed E-state index contributed by atoms with van der Waals surface area (Å²) in [5.41, 5.74) is 1.22. The molecule has 5 aromatic rings. The van der Waals surface area contributed by atoms with Crippen LogP contribution in [0.1, 0.15) is 23.1 Å². The third kappa shape index (κ3) is 6.01. The Morgan fingerprint density at radius 3 is 2.41 bits per heavy atom. The molecule has 1 atom stereocenters. The van der Waals surface area contributed by atoms with Crippen molar-refractivity contribution in [3.8, 4) is 16.8 Å². The Bertz CT molecular complexity index is 2060. The smallest absolute Gasteiger partial charge is 0.255 e. The summed E-state index contributed by atoms with van der Waals surface area (Å²) in [4.78, 5) is 41.7. The first-order valence-corrected chi connectivity index (χ1v) is 15.9. The molecule has 1 aliphatic rings. The van der Waals surface area contributed by atoms with Crippen molar-refractivity contribution in [2.45, 2.75) is 29.0 Å². The fourth-order valence-electron chi connectivity index (χ4n) is 4.65. The number of aromatic nitrogens is 2. The molecule has 2 N–H and O–H groups in total. The van der Waals surface area contributed by atoms with E-state index in [0.717, 1.165) is 54.5 Å². The van der Waals surface area contributed by atoms with Crippen molar-refractivity contribution in [3.63, 3.8) is 0 Å². The highest BCUT2D eigenvalue weighted by Crippen LogP contribution is 2.37. The highest BCUT2D eigenvalue weighted by Gasteiger charge is 2.39. The number of pyridine rings is 1. The molecule has 1 aliphatic carbocycles. The van der Waals surface area contributed by atoms with Gasteiger partial charge in [0.25, 0.3) is 5.56 Å². The number of halogens is 2. The highest BCUT2D eigenvalue weighted by atomic mass is 32.2. The van der Waals surface area contributed by atoms with Crippen LogP contribution in [0.2, 0.25) is 0 Å². The lowest BCUT2D eigenvalue weighted by Gasteiger charge is -2.16. The minimum Gasteiger partial charge on any atom is -0.352 e. The highest BCUT2D eigenvalue weighted by molar-refractivity contribution is 7.92. The van der Waals surface area contributed by atoms with Crippen LogP contribution in [0.3, 0.4) is 0 Å². The van der Waals surface area contributed by atoms with Crippen LogP contribution in [0, 0.1) is 11.6 Å². The van der Waals surface area contributed by atoms with Crippen LogP contribution in [-0.4, -0.2) is 42.4 Å². The maximum atomic E-state index is 15.3. The van der Waals surface area contributed by atoms with Gasteiger partial charge < -0.3 is 10.6 Å². The van der Waals surface area contributed by atoms with Crippen LogP contribution in [-0.2, 0) is 19.4 Å². The van der Waals surface area contributed by atoms with E-state index < -0.39 is 45.1 Å². The first-order chi connectivity index (χ1) is 21.1. The molecule has 1 fully saturated rings. The molecule has 9 nitrogen and oxygen atoms in total. The van der Waals surface area contributed by atoms with Gasteiger partial charge in [-0.1, -0.05) is 18.2 Å². The third-order valence-corrected chi connectivity index (χ3v) is 10.3. The minimum atomic E-state index is -4.47. The molecule has 6 rings (SSSR count). The number of nitrogens with zero attached hydrogens (tertiary/aromatic N) is 2. The average molecular weight is 635 g/mol. The van der Waals surface area contributed by atoms with E-state index in [1.807, 2.05) is 0 Å². The second-order valence-electron chi connectivity index (χ2n) is 10.2. The van der Waals surface area contributed by atoms with Crippen molar-refractivity contribution >= 4 is 43.2 Å². The van der Waals surface area contributed by atoms with Crippen LogP contribution >= 0.6 is 11.3 Å². The Morgan fingerprint density at radius 1 is 1.00 bits per heavy atom. The summed E-state index contributed by atoms with van der Waals surface area (Å²) in [7, 11) is -4.47. The third-order valence-electron chi connectivity index (χ3n) is 7.05. The summed E-state index contributed by atoms with van der Waals surface area (Å²) >= 11 is 0.895. The van der Waals surface area contributed by atoms with Crippen LogP contribution < -0.4 is 16.2 Å². The van der Waals surface area contributed by atoms with Gasteiger partial charge in [-0.3, -0.25) is 19.0 Å². The van der Waals surface area contributed by atoms with Crippen LogP contribution in [0.25, 0.3) is 27.0 Å². The molecule has 224 valence electrons. The number of amides is 2. The molecule has 0 aliphatic heterocycles. The zero-order chi connectivity index (χ0) is 31.0. The van der Waals surface area contributed by atoms with Gasteiger partial charge in [0.1, 0.15) is 16.6 Å². The number of hydrogen-bond acceptors (Lipinski definition) is 7. The first-order valence-electron chi connectivity index (χ1n) is 13.6. The molecule has 2 heterocycles. The molecule has 0 bridgehead atoms. The lowest BCUT2D eigenvalue weighted by atomic mass is 10.0. The van der Waals surface area contributed by atoms with Crippen molar-refractivity contribution in [2.24, 2.45) is 0 Å². The molecular formula is C31H24F2N4O5S2. The normalized spacial score (nSPS) is 13.9. The predicted molar refractivity (Wildman–Crippen MR) is 161 cm³/mol. The van der Waals surface area contributed by atoms with Gasteiger partial charge in [-0.2, -0.15) is 0 Å². The maximum absolute atomic E-state index is 15.3. The SMILES string of the molecule is O=C(CNC(=O)C(c1nc2cc(F)c(-c3ccc(-n4ccccc4=O)cc3)cc2s1)S(=O)(=O)c1ccc(F)cc1)NC1CC1. The molecule has 0 radical (unpaired) electrons. The van der Waals surface area contributed by atoms with E-state index in [4.69, 9.17) is 0 Å². The quantitative estimate of drug-likeness (QED) is 0.233. The Labute approximate surface area is 254 Å². The number of benzene rings is 3. The lowest BCUT2D eigenvalue weighted by Crippen LogP contribution is -2.41. The second kappa shape index (κ2) is 11.7. The molecule has 2 aromatic heterocycles. The van der Waals surface area contributed by atoms with E-state index in [-0.39, 0.29) is 32.6 Å². The summed E-state index contributed by atoms with van der Waals surface area (Å²) in [5.74, 6) is -2.74. The number of fused-ring (bicyclic) bond motifs is 1. The number of rotatable bonds is 9. The Morgan fingerprint density at radius 2 is 1.73 bits per heavy atom. The number of carbonyl (C=O) groups is 2. The molecular weight excluding hydrogens is 610 g/mol. The Balaban J connectivity index is 1.35. The fourth-order valence-corrected chi connectivity index (χ4v) is 7.62. The number of nitrogens with one attached hydrogen (secondary N) is 2. The van der Waals surface area contributed by atoms with E-state index in [2.05, 4.69) is 15.6 Å². The zero-order valence-corrected chi connectivity index (χ0v) is 24.5. The van der Waals surface area contributed by atoms with Crippen molar-refractivity contribution in [1.29, 1.82) is 0 Å². The van der Waals surface area contributed by atoms with Gasteiger partial charge in [0, 0.05) is 35.6 Å². The average Bonchev–Trinajstić information content (AvgIpc) is 3.73. The van der Waals surface area contributed by atoms with E-state index in [0.29, 0.717) is 16.0 Å². The topological polar surface area (TPSA) is 127 Å². The van der Waals surface area contributed by atoms with Crippen LogP contribution in [0.5, 0.6) is 0 Å². The van der Waals surface area contributed by atoms with Crippen molar-refractivity contribution < 1.29 is 26.8 Å². The van der Waals surface area contributed by atoms with Gasteiger partial charge in [-0.05, 0) is 66.9 Å². The summed E-state index contributed by atoms with van der Waals surface area (Å²) in [5, 5.41) is 3.07. The molecule has 1 unspecified atom stereocenters. The molecule has 0 spiro atoms. The molecule has 3 aromatic carbocycles. The van der Waals surface area contributed by atoms with E-state index in [9.17, 15) is 27.2 Å². The Kier molecular flexibility index (Phi) is 7.82. The summed E-state index contributed by atoms with van der Waals surface area (Å²) in [6, 6.07) is 18.2. The first kappa shape index (κ1) is 29.3. The van der Waals surface area contributed by atoms with Gasteiger partial charge in [-0.15, -0.1) is 11.3 Å². The van der Waals surface area contributed by atoms with Gasteiger partial charge in [0.15, 0.2) is 15.1 Å². The Hall–Kier alpha value is -4.75. The molecule has 0 saturated heterocycles. The van der Waals surface area contributed by atoms with Crippen molar-refractivity contribution in [3.05, 3.63) is 112 Å². The lowest BCUT2D eigenvalue weighted by molar-refractivity contribution is -0.126. The molecule has 13 heteroatoms. The fraction of sp³-hybridized carbons (Fsp3) is 0.161.